The highest BCUT2D eigenvalue weighted by Crippen LogP contribution is 2.26. The fourth-order valence-electron chi connectivity index (χ4n) is 4.84. The first-order valence-corrected chi connectivity index (χ1v) is 17.9. The van der Waals surface area contributed by atoms with Crippen molar-refractivity contribution in [3.05, 3.63) is 150 Å². The molecule has 0 saturated carbocycles. The molecule has 0 aliphatic heterocycles. The average Bonchev–Trinajstić information content (AvgIpc) is 3.19. The summed E-state index contributed by atoms with van der Waals surface area (Å²) in [5, 5.41) is 0. The monoisotopic (exact) mass is 772 g/mol. The van der Waals surface area contributed by atoms with Gasteiger partial charge in [0.05, 0.1) is 25.4 Å². The van der Waals surface area contributed by atoms with Crippen molar-refractivity contribution in [1.82, 2.24) is 0 Å². The van der Waals surface area contributed by atoms with Gasteiger partial charge in [-0.1, -0.05) is 56.1 Å². The first kappa shape index (κ1) is 42.7. The van der Waals surface area contributed by atoms with Crippen LogP contribution in [0.15, 0.2) is 134 Å². The van der Waals surface area contributed by atoms with Crippen molar-refractivity contribution in [1.29, 1.82) is 0 Å². The molecule has 1 atom stereocenters. The number of esters is 5. The van der Waals surface area contributed by atoms with Crippen LogP contribution in [0.1, 0.15) is 48.7 Å². The van der Waals surface area contributed by atoms with Crippen molar-refractivity contribution in [2.75, 3.05) is 19.8 Å². The lowest BCUT2D eigenvalue weighted by molar-refractivity contribution is -0.143. The Bertz CT molecular complexity index is 2160. The zero-order chi connectivity index (χ0) is 41.5. The summed E-state index contributed by atoms with van der Waals surface area (Å²) in [5.41, 5.74) is 4.34. The van der Waals surface area contributed by atoms with Crippen LogP contribution in [-0.2, 0) is 28.7 Å². The van der Waals surface area contributed by atoms with Gasteiger partial charge in [0.1, 0.15) is 23.0 Å². The highest BCUT2D eigenvalue weighted by atomic mass is 16.6. The number of carbonyl (C=O) groups excluding carboxylic acids is 5. The topological polar surface area (TPSA) is 141 Å². The van der Waals surface area contributed by atoms with Crippen LogP contribution in [0.3, 0.4) is 0 Å². The molecule has 11 nitrogen and oxygen atoms in total. The van der Waals surface area contributed by atoms with Gasteiger partial charge in [0.2, 0.25) is 0 Å². The fourth-order valence-corrected chi connectivity index (χ4v) is 4.84. The molecular formula is C46H44O11. The molecule has 11 heteroatoms. The van der Waals surface area contributed by atoms with Crippen molar-refractivity contribution in [3.8, 4) is 34.1 Å². The predicted octanol–water partition coefficient (Wildman–Crippen LogP) is 8.61. The zero-order valence-electron chi connectivity index (χ0n) is 32.3. The number of benzene rings is 4. The van der Waals surface area contributed by atoms with Gasteiger partial charge in [-0.25, -0.2) is 24.0 Å². The molecule has 0 N–H and O–H groups in total. The molecule has 0 aliphatic carbocycles. The Kier molecular flexibility index (Phi) is 15.4. The van der Waals surface area contributed by atoms with Crippen molar-refractivity contribution in [2.45, 2.75) is 34.1 Å². The van der Waals surface area contributed by atoms with E-state index in [1.54, 1.807) is 39.0 Å². The third-order valence-electron chi connectivity index (χ3n) is 8.12. The van der Waals surface area contributed by atoms with Gasteiger partial charge < -0.3 is 28.4 Å². The van der Waals surface area contributed by atoms with E-state index in [2.05, 4.69) is 19.7 Å². The lowest BCUT2D eigenvalue weighted by Crippen LogP contribution is -2.23. The summed E-state index contributed by atoms with van der Waals surface area (Å²) in [6, 6.07) is 25.7. The normalized spacial score (nSPS) is 11.2. The van der Waals surface area contributed by atoms with Gasteiger partial charge in [-0.2, -0.15) is 0 Å². The number of ether oxygens (including phenoxy) is 6. The predicted molar refractivity (Wildman–Crippen MR) is 215 cm³/mol. The second-order valence-electron chi connectivity index (χ2n) is 13.2. The van der Waals surface area contributed by atoms with E-state index < -0.39 is 29.8 Å². The Hall–Kier alpha value is -7.01. The number of hydrogen-bond acceptors (Lipinski definition) is 11. The van der Waals surface area contributed by atoms with E-state index in [4.69, 9.17) is 28.4 Å². The first-order chi connectivity index (χ1) is 27.2. The molecule has 0 aliphatic rings. The van der Waals surface area contributed by atoms with Crippen LogP contribution in [0.5, 0.6) is 23.0 Å². The molecule has 0 aromatic heterocycles. The van der Waals surface area contributed by atoms with Gasteiger partial charge in [0, 0.05) is 28.7 Å². The minimum Gasteiger partial charge on any atom is -0.493 e. The number of carbonyl (C=O) groups is 5. The summed E-state index contributed by atoms with van der Waals surface area (Å²) in [5.74, 6) is -1.53. The van der Waals surface area contributed by atoms with Crippen LogP contribution in [0, 0.1) is 12.8 Å². The van der Waals surface area contributed by atoms with Crippen LogP contribution < -0.4 is 18.9 Å². The molecule has 4 rings (SSSR count). The Balaban J connectivity index is 1.27. The second kappa shape index (κ2) is 20.6. The Morgan fingerprint density at radius 3 is 1.77 bits per heavy atom. The summed E-state index contributed by atoms with van der Waals surface area (Å²) in [4.78, 5) is 60.7. The molecule has 1 unspecified atom stereocenters. The molecule has 0 amide bonds. The first-order valence-electron chi connectivity index (χ1n) is 17.9. The van der Waals surface area contributed by atoms with Crippen molar-refractivity contribution in [3.63, 3.8) is 0 Å². The lowest BCUT2D eigenvalue weighted by atomic mass is 10.0. The Labute approximate surface area is 331 Å². The number of aryl methyl sites for hydroxylation is 1. The maximum Gasteiger partial charge on any atom is 0.343 e. The average molecular weight is 773 g/mol. The summed E-state index contributed by atoms with van der Waals surface area (Å²) in [6.45, 7) is 17.5. The molecule has 0 saturated heterocycles. The molecule has 4 aromatic carbocycles. The third kappa shape index (κ3) is 13.7. The molecule has 57 heavy (non-hydrogen) atoms. The molecule has 294 valence electrons. The van der Waals surface area contributed by atoms with Gasteiger partial charge in [-0.3, -0.25) is 0 Å². The molecule has 0 fully saturated rings. The van der Waals surface area contributed by atoms with E-state index in [9.17, 15) is 24.0 Å². The highest BCUT2D eigenvalue weighted by molar-refractivity contribution is 5.92. The van der Waals surface area contributed by atoms with E-state index in [1.807, 2.05) is 48.5 Å². The van der Waals surface area contributed by atoms with Gasteiger partial charge in [0.15, 0.2) is 0 Å². The van der Waals surface area contributed by atoms with E-state index in [0.717, 1.165) is 16.7 Å². The lowest BCUT2D eigenvalue weighted by Gasteiger charge is -2.18. The van der Waals surface area contributed by atoms with Crippen LogP contribution >= 0.6 is 0 Å². The molecule has 0 heterocycles. The van der Waals surface area contributed by atoms with Gasteiger partial charge >= 0.3 is 29.8 Å². The van der Waals surface area contributed by atoms with Crippen molar-refractivity contribution in [2.24, 2.45) is 5.92 Å². The van der Waals surface area contributed by atoms with E-state index in [-0.39, 0.29) is 53.9 Å². The van der Waals surface area contributed by atoms with Gasteiger partial charge in [-0.15, -0.1) is 0 Å². The standard InChI is InChI=1S/C46H44O11/c1-29(2)43(48)52-25-24-34(28-54-44(49)30(3)4)27-53-38-17-13-36(14-18-38)35-11-8-33(9-12-35)10-23-42(47)57-41-22-21-40(26-32(41)7)56-46(51)37-15-19-39(20-16-37)55-45(50)31(5)6/h8-23,26,34H,1,3,5,24-25,27-28H2,2,4,6-7H3/b23-10+. The van der Waals surface area contributed by atoms with Gasteiger partial charge in [-0.05, 0) is 117 Å². The largest absolute Gasteiger partial charge is 0.493 e. The third-order valence-corrected chi connectivity index (χ3v) is 8.12. The summed E-state index contributed by atoms with van der Waals surface area (Å²) < 4.78 is 32.6. The van der Waals surface area contributed by atoms with Crippen LogP contribution in [0.2, 0.25) is 0 Å². The van der Waals surface area contributed by atoms with Crippen LogP contribution in [-0.4, -0.2) is 49.7 Å². The molecule has 0 radical (unpaired) electrons. The number of rotatable bonds is 18. The van der Waals surface area contributed by atoms with E-state index in [0.29, 0.717) is 29.1 Å². The smallest absolute Gasteiger partial charge is 0.343 e. The Morgan fingerprint density at radius 1 is 0.614 bits per heavy atom. The van der Waals surface area contributed by atoms with E-state index >= 15 is 0 Å². The maximum absolute atomic E-state index is 12.6. The summed E-state index contributed by atoms with van der Waals surface area (Å²) in [7, 11) is 0. The maximum atomic E-state index is 12.6. The second-order valence-corrected chi connectivity index (χ2v) is 13.2. The minimum absolute atomic E-state index is 0.0797. The van der Waals surface area contributed by atoms with Crippen LogP contribution in [0.25, 0.3) is 17.2 Å². The minimum atomic E-state index is -0.615. The van der Waals surface area contributed by atoms with E-state index in [1.165, 1.54) is 43.3 Å². The number of hydrogen-bond donors (Lipinski definition) is 0. The fraction of sp³-hybridized carbons (Fsp3) is 0.196. The molecular weight excluding hydrogens is 728 g/mol. The molecule has 4 aromatic rings. The highest BCUT2D eigenvalue weighted by Gasteiger charge is 2.16. The quantitative estimate of drug-likeness (QED) is 0.0545. The van der Waals surface area contributed by atoms with Crippen molar-refractivity contribution >= 4 is 35.9 Å². The zero-order valence-corrected chi connectivity index (χ0v) is 32.3. The van der Waals surface area contributed by atoms with Crippen LogP contribution in [0.4, 0.5) is 0 Å². The summed E-state index contributed by atoms with van der Waals surface area (Å²) in [6.07, 6.45) is 3.38. The summed E-state index contributed by atoms with van der Waals surface area (Å²) >= 11 is 0. The molecule has 0 bridgehead atoms. The van der Waals surface area contributed by atoms with Gasteiger partial charge in [0.25, 0.3) is 0 Å². The SMILES string of the molecule is C=C(C)C(=O)OCCC(COC(=O)C(=C)C)COc1ccc(-c2ccc(/C=C/C(=O)Oc3ccc(OC(=O)c4ccc(OC(=O)C(=C)C)cc4)cc3C)cc2)cc1. The Morgan fingerprint density at radius 2 is 1.18 bits per heavy atom. The van der Waals surface area contributed by atoms with Crippen molar-refractivity contribution < 1.29 is 52.4 Å². The molecule has 0 spiro atoms.